The number of hydroxylamine groups is 1. The van der Waals surface area contributed by atoms with E-state index in [9.17, 15) is 31.2 Å². The Morgan fingerprint density at radius 2 is 1.58 bits per heavy atom. The zero-order valence-corrected chi connectivity index (χ0v) is 12.4. The van der Waals surface area contributed by atoms with Gasteiger partial charge in [-0.05, 0) is 17.5 Å². The summed E-state index contributed by atoms with van der Waals surface area (Å²) in [5.74, 6) is -2.16. The van der Waals surface area contributed by atoms with Crippen molar-refractivity contribution in [1.82, 2.24) is 5.48 Å². The number of halogens is 3. The van der Waals surface area contributed by atoms with Crippen LogP contribution in [0.2, 0.25) is 0 Å². The minimum absolute atomic E-state index is 0.0537. The number of benzene rings is 2. The number of rotatable bonds is 4. The van der Waals surface area contributed by atoms with E-state index in [1.807, 2.05) is 0 Å². The molecule has 0 spiro atoms. The SMILES string of the molecule is NC(=O)c1cccc2cccc(C(=O)NOS(=O)(=O)C(F)(F)F)c12. The van der Waals surface area contributed by atoms with Gasteiger partial charge < -0.3 is 5.73 Å². The normalized spacial score (nSPS) is 12.1. The Kier molecular flexibility index (Phi) is 4.49. The summed E-state index contributed by atoms with van der Waals surface area (Å²) in [6.45, 7) is 0. The van der Waals surface area contributed by atoms with Crippen molar-refractivity contribution in [2.45, 2.75) is 5.51 Å². The molecule has 2 aromatic rings. The molecule has 0 aliphatic rings. The highest BCUT2D eigenvalue weighted by Crippen LogP contribution is 2.25. The van der Waals surface area contributed by atoms with Gasteiger partial charge in [-0.1, -0.05) is 24.3 Å². The van der Waals surface area contributed by atoms with Gasteiger partial charge in [0.15, 0.2) is 0 Å². The summed E-state index contributed by atoms with van der Waals surface area (Å²) >= 11 is 0. The molecule has 3 N–H and O–H groups in total. The van der Waals surface area contributed by atoms with Gasteiger partial charge in [0.1, 0.15) is 0 Å². The number of hydrogen-bond acceptors (Lipinski definition) is 5. The molecule has 2 aromatic carbocycles. The quantitative estimate of drug-likeness (QED) is 0.631. The summed E-state index contributed by atoms with van der Waals surface area (Å²) < 4.78 is 61.6. The summed E-state index contributed by atoms with van der Waals surface area (Å²) in [4.78, 5) is 23.4. The van der Waals surface area contributed by atoms with E-state index in [1.54, 1.807) is 0 Å². The van der Waals surface area contributed by atoms with E-state index in [4.69, 9.17) is 5.73 Å². The van der Waals surface area contributed by atoms with Crippen LogP contribution in [-0.4, -0.2) is 25.7 Å². The van der Waals surface area contributed by atoms with Crippen LogP contribution in [0.4, 0.5) is 13.2 Å². The second-order valence-corrected chi connectivity index (χ2v) is 6.03. The summed E-state index contributed by atoms with van der Waals surface area (Å²) in [6.07, 6.45) is 0. The molecule has 0 fully saturated rings. The Morgan fingerprint density at radius 3 is 2.08 bits per heavy atom. The highest BCUT2D eigenvalue weighted by atomic mass is 32.2. The van der Waals surface area contributed by atoms with Gasteiger partial charge in [0, 0.05) is 10.9 Å². The maximum atomic E-state index is 12.2. The largest absolute Gasteiger partial charge is 0.525 e. The monoisotopic (exact) mass is 362 g/mol. The van der Waals surface area contributed by atoms with Crippen LogP contribution in [0, 0.1) is 0 Å². The lowest BCUT2D eigenvalue weighted by molar-refractivity contribution is -0.0571. The lowest BCUT2D eigenvalue weighted by Gasteiger charge is -2.11. The molecule has 0 aromatic heterocycles. The van der Waals surface area contributed by atoms with Crippen molar-refractivity contribution in [3.63, 3.8) is 0 Å². The fourth-order valence-corrected chi connectivity index (χ4v) is 2.21. The number of fused-ring (bicyclic) bond motifs is 1. The van der Waals surface area contributed by atoms with Crippen molar-refractivity contribution in [3.05, 3.63) is 47.5 Å². The molecule has 0 aliphatic heterocycles. The number of primary amides is 1. The van der Waals surface area contributed by atoms with Gasteiger partial charge in [0.25, 0.3) is 5.91 Å². The first-order chi connectivity index (χ1) is 11.0. The third-order valence-electron chi connectivity index (χ3n) is 2.94. The summed E-state index contributed by atoms with van der Waals surface area (Å²) in [6, 6.07) is 8.44. The number of hydrogen-bond donors (Lipinski definition) is 2. The van der Waals surface area contributed by atoms with Gasteiger partial charge in [-0.2, -0.15) is 21.6 Å². The molecular weight excluding hydrogens is 353 g/mol. The lowest BCUT2D eigenvalue weighted by atomic mass is 9.98. The molecule has 0 heterocycles. The Hall–Kier alpha value is -2.66. The molecule has 11 heteroatoms. The van der Waals surface area contributed by atoms with Crippen molar-refractivity contribution in [1.29, 1.82) is 0 Å². The second-order valence-electron chi connectivity index (χ2n) is 4.49. The molecule has 0 saturated heterocycles. The van der Waals surface area contributed by atoms with Gasteiger partial charge >= 0.3 is 15.6 Å². The number of nitrogens with two attached hydrogens (primary N) is 1. The van der Waals surface area contributed by atoms with Crippen LogP contribution in [0.5, 0.6) is 0 Å². The van der Waals surface area contributed by atoms with Crippen LogP contribution in [0.15, 0.2) is 36.4 Å². The minimum atomic E-state index is -6.00. The maximum Gasteiger partial charge on any atom is 0.525 e. The van der Waals surface area contributed by atoms with Crippen molar-refractivity contribution in [2.75, 3.05) is 0 Å². The molecule has 0 atom stereocenters. The van der Waals surface area contributed by atoms with Crippen LogP contribution in [0.25, 0.3) is 10.8 Å². The van der Waals surface area contributed by atoms with Gasteiger partial charge in [-0.3, -0.25) is 9.59 Å². The highest BCUT2D eigenvalue weighted by Gasteiger charge is 2.48. The Labute approximate surface area is 133 Å². The molecule has 0 radical (unpaired) electrons. The zero-order chi connectivity index (χ0) is 18.1. The van der Waals surface area contributed by atoms with Gasteiger partial charge in [-0.15, -0.1) is 4.28 Å². The first kappa shape index (κ1) is 17.7. The molecule has 2 amide bonds. The molecule has 0 aliphatic carbocycles. The van der Waals surface area contributed by atoms with Crippen molar-refractivity contribution < 1.29 is 35.5 Å². The molecule has 0 bridgehead atoms. The Bertz CT molecular complexity index is 920. The Morgan fingerprint density at radius 1 is 1.04 bits per heavy atom. The van der Waals surface area contributed by atoms with E-state index in [-0.39, 0.29) is 16.5 Å². The number of carbonyl (C=O) groups is 2. The third-order valence-corrected chi connectivity index (χ3v) is 3.81. The molecular formula is C13H9F3N2O5S. The van der Waals surface area contributed by atoms with Crippen LogP contribution < -0.4 is 11.2 Å². The van der Waals surface area contributed by atoms with Crippen LogP contribution in [0.1, 0.15) is 20.7 Å². The minimum Gasteiger partial charge on any atom is -0.366 e. The second kappa shape index (κ2) is 6.09. The van der Waals surface area contributed by atoms with E-state index in [2.05, 4.69) is 4.28 Å². The van der Waals surface area contributed by atoms with Crippen molar-refractivity contribution in [3.8, 4) is 0 Å². The predicted octanol–water partition coefficient (Wildman–Crippen LogP) is 1.45. The molecule has 128 valence electrons. The predicted molar refractivity (Wildman–Crippen MR) is 76.0 cm³/mol. The fraction of sp³-hybridized carbons (Fsp3) is 0.0769. The average molecular weight is 362 g/mol. The number of amides is 2. The summed E-state index contributed by atoms with van der Waals surface area (Å²) in [5, 5.41) is 0.454. The standard InChI is InChI=1S/C13H9F3N2O5S/c14-13(15,16)24(21,22)23-18-12(20)9-6-2-4-7-3-1-5-8(10(7)9)11(17)19/h1-6H,(H2,17,19)(H,18,20). The smallest absolute Gasteiger partial charge is 0.366 e. The first-order valence-electron chi connectivity index (χ1n) is 6.16. The lowest BCUT2D eigenvalue weighted by Crippen LogP contribution is -2.34. The van der Waals surface area contributed by atoms with Gasteiger partial charge in [-0.25, -0.2) is 5.48 Å². The van der Waals surface area contributed by atoms with Crippen LogP contribution in [0.3, 0.4) is 0 Å². The van der Waals surface area contributed by atoms with E-state index < -0.39 is 27.4 Å². The molecule has 7 nitrogen and oxygen atoms in total. The molecule has 0 saturated carbocycles. The fourth-order valence-electron chi connectivity index (χ4n) is 1.93. The topological polar surface area (TPSA) is 116 Å². The first-order valence-corrected chi connectivity index (χ1v) is 7.57. The van der Waals surface area contributed by atoms with Gasteiger partial charge in [0.05, 0.1) is 5.56 Å². The molecule has 24 heavy (non-hydrogen) atoms. The average Bonchev–Trinajstić information content (AvgIpc) is 2.50. The van der Waals surface area contributed by atoms with E-state index in [0.29, 0.717) is 5.39 Å². The summed E-state index contributed by atoms with van der Waals surface area (Å²) in [5.41, 5.74) is 0.374. The van der Waals surface area contributed by atoms with Gasteiger partial charge in [0.2, 0.25) is 5.91 Å². The molecule has 0 unspecified atom stereocenters. The number of nitrogens with one attached hydrogen (secondary N) is 1. The van der Waals surface area contributed by atoms with E-state index >= 15 is 0 Å². The maximum absolute atomic E-state index is 12.2. The summed E-state index contributed by atoms with van der Waals surface area (Å²) in [7, 11) is -6.00. The third kappa shape index (κ3) is 3.31. The van der Waals surface area contributed by atoms with Crippen molar-refractivity contribution in [2.24, 2.45) is 5.73 Å². The van der Waals surface area contributed by atoms with Crippen LogP contribution >= 0.6 is 0 Å². The Balaban J connectivity index is 2.43. The number of alkyl halides is 3. The highest BCUT2D eigenvalue weighted by molar-refractivity contribution is 7.87. The number of carbonyl (C=O) groups excluding carboxylic acids is 2. The molecule has 2 rings (SSSR count). The van der Waals surface area contributed by atoms with E-state index in [1.165, 1.54) is 41.9 Å². The van der Waals surface area contributed by atoms with Crippen LogP contribution in [-0.2, 0) is 14.4 Å². The zero-order valence-electron chi connectivity index (χ0n) is 11.6. The van der Waals surface area contributed by atoms with E-state index in [0.717, 1.165) is 0 Å². The van der Waals surface area contributed by atoms with Crippen molar-refractivity contribution >= 4 is 32.7 Å².